The summed E-state index contributed by atoms with van der Waals surface area (Å²) in [4.78, 5) is 13.9. The van der Waals surface area contributed by atoms with E-state index < -0.39 is 0 Å². The molecule has 1 saturated carbocycles. The summed E-state index contributed by atoms with van der Waals surface area (Å²) in [5, 5.41) is 3.53. The Labute approximate surface area is 163 Å². The molecule has 4 rings (SSSR count). The van der Waals surface area contributed by atoms with Crippen LogP contribution in [0.4, 0.5) is 5.82 Å². The lowest BCUT2D eigenvalue weighted by Gasteiger charge is -2.38. The third kappa shape index (κ3) is 4.05. The van der Waals surface area contributed by atoms with Crippen molar-refractivity contribution in [3.8, 4) is 0 Å². The van der Waals surface area contributed by atoms with E-state index in [2.05, 4.69) is 46.1 Å². The third-order valence-electron chi connectivity index (χ3n) is 6.37. The molecule has 0 radical (unpaired) electrons. The fraction of sp³-hybridized carbons (Fsp3) is 0.714. The molecule has 0 bridgehead atoms. The van der Waals surface area contributed by atoms with Crippen molar-refractivity contribution < 1.29 is 4.74 Å². The average molecular weight is 372 g/mol. The minimum absolute atomic E-state index is 0.250. The van der Waals surface area contributed by atoms with Crippen molar-refractivity contribution in [2.75, 3.05) is 38.1 Å². The summed E-state index contributed by atoms with van der Waals surface area (Å²) in [7, 11) is 1.89. The van der Waals surface area contributed by atoms with Gasteiger partial charge >= 0.3 is 0 Å². The number of guanidine groups is 1. The van der Waals surface area contributed by atoms with Crippen LogP contribution in [0, 0.1) is 5.41 Å². The van der Waals surface area contributed by atoms with Crippen molar-refractivity contribution in [1.29, 1.82) is 0 Å². The van der Waals surface area contributed by atoms with E-state index in [0.29, 0.717) is 5.41 Å². The van der Waals surface area contributed by atoms with Crippen molar-refractivity contribution in [3.05, 3.63) is 23.9 Å². The number of aromatic nitrogens is 1. The van der Waals surface area contributed by atoms with Gasteiger partial charge in [-0.25, -0.2) is 4.98 Å². The fourth-order valence-corrected chi connectivity index (χ4v) is 4.79. The number of nitrogens with one attached hydrogen (secondary N) is 1. The van der Waals surface area contributed by atoms with Crippen LogP contribution in [0.1, 0.15) is 45.1 Å². The van der Waals surface area contributed by atoms with Gasteiger partial charge in [0.25, 0.3) is 0 Å². The van der Waals surface area contributed by atoms with Crippen molar-refractivity contribution in [2.24, 2.45) is 10.4 Å². The predicted octanol–water partition coefficient (Wildman–Crippen LogP) is 2.65. The summed E-state index contributed by atoms with van der Waals surface area (Å²) in [6.45, 7) is 9.11. The van der Waals surface area contributed by atoms with E-state index in [4.69, 9.17) is 9.72 Å². The van der Waals surface area contributed by atoms with Crippen LogP contribution in [-0.4, -0.2) is 61.3 Å². The summed E-state index contributed by atoms with van der Waals surface area (Å²) < 4.78 is 5.82. The quantitative estimate of drug-likeness (QED) is 0.654. The highest BCUT2D eigenvalue weighted by Crippen LogP contribution is 2.47. The standard InChI is InChI=1S/C21H33N5O/c1-16-13-26(14-17(2)27-16)19-6-5-18(11-23-19)12-24-20(22-3)25-10-9-21(15-25)7-4-8-21/h5-6,11,16-17H,4,7-10,12-15H2,1-3H3,(H,22,24). The summed E-state index contributed by atoms with van der Waals surface area (Å²) in [6.07, 6.45) is 7.99. The molecular formula is C21H33N5O. The van der Waals surface area contributed by atoms with Gasteiger partial charge < -0.3 is 19.9 Å². The summed E-state index contributed by atoms with van der Waals surface area (Å²) in [5.41, 5.74) is 1.78. The Morgan fingerprint density at radius 2 is 2.04 bits per heavy atom. The number of hydrogen-bond donors (Lipinski definition) is 1. The molecule has 0 amide bonds. The lowest BCUT2D eigenvalue weighted by molar-refractivity contribution is -0.00545. The summed E-state index contributed by atoms with van der Waals surface area (Å²) in [5.74, 6) is 2.07. The van der Waals surface area contributed by atoms with Crippen LogP contribution in [-0.2, 0) is 11.3 Å². The van der Waals surface area contributed by atoms with Crippen molar-refractivity contribution in [2.45, 2.75) is 58.3 Å². The molecule has 3 fully saturated rings. The Hall–Kier alpha value is -1.82. The maximum atomic E-state index is 5.82. The molecule has 1 aliphatic carbocycles. The van der Waals surface area contributed by atoms with Gasteiger partial charge in [0.05, 0.1) is 12.2 Å². The average Bonchev–Trinajstić information content (AvgIpc) is 3.08. The molecule has 3 heterocycles. The van der Waals surface area contributed by atoms with Gasteiger partial charge in [-0.05, 0) is 50.2 Å². The Bertz CT molecular complexity index is 660. The van der Waals surface area contributed by atoms with Gasteiger partial charge in [-0.3, -0.25) is 4.99 Å². The first-order chi connectivity index (χ1) is 13.1. The molecule has 1 aromatic rings. The van der Waals surface area contributed by atoms with E-state index >= 15 is 0 Å². The zero-order valence-corrected chi connectivity index (χ0v) is 16.9. The van der Waals surface area contributed by atoms with Crippen LogP contribution in [0.2, 0.25) is 0 Å². The maximum Gasteiger partial charge on any atom is 0.193 e. The minimum atomic E-state index is 0.250. The Morgan fingerprint density at radius 1 is 1.26 bits per heavy atom. The van der Waals surface area contributed by atoms with Crippen molar-refractivity contribution in [3.63, 3.8) is 0 Å². The number of anilines is 1. The molecule has 1 spiro atoms. The molecule has 2 saturated heterocycles. The van der Waals surface area contributed by atoms with Gasteiger partial charge in [-0.1, -0.05) is 12.5 Å². The normalized spacial score (nSPS) is 27.7. The van der Waals surface area contributed by atoms with E-state index in [1.807, 2.05) is 13.2 Å². The smallest absolute Gasteiger partial charge is 0.193 e. The van der Waals surface area contributed by atoms with Crippen molar-refractivity contribution in [1.82, 2.24) is 15.2 Å². The van der Waals surface area contributed by atoms with Gasteiger partial charge in [0.1, 0.15) is 5.82 Å². The van der Waals surface area contributed by atoms with Gasteiger partial charge in [-0.15, -0.1) is 0 Å². The molecule has 6 nitrogen and oxygen atoms in total. The second-order valence-corrected chi connectivity index (χ2v) is 8.61. The summed E-state index contributed by atoms with van der Waals surface area (Å²) >= 11 is 0. The van der Waals surface area contributed by atoms with Crippen LogP contribution in [0.25, 0.3) is 0 Å². The Balaban J connectivity index is 1.32. The minimum Gasteiger partial charge on any atom is -0.372 e. The van der Waals surface area contributed by atoms with Crippen LogP contribution in [0.5, 0.6) is 0 Å². The third-order valence-corrected chi connectivity index (χ3v) is 6.37. The van der Waals surface area contributed by atoms with E-state index in [1.165, 1.54) is 31.2 Å². The molecule has 6 heteroatoms. The van der Waals surface area contributed by atoms with E-state index in [9.17, 15) is 0 Å². The van der Waals surface area contributed by atoms with Gasteiger partial charge in [0.15, 0.2) is 5.96 Å². The topological polar surface area (TPSA) is 53.0 Å². The van der Waals surface area contributed by atoms with Gasteiger partial charge in [0, 0.05) is 46.0 Å². The molecular weight excluding hydrogens is 338 g/mol. The molecule has 1 N–H and O–H groups in total. The Kier molecular flexibility index (Phi) is 5.26. The molecule has 0 aromatic carbocycles. The zero-order valence-electron chi connectivity index (χ0n) is 16.9. The number of pyridine rings is 1. The molecule has 1 aromatic heterocycles. The van der Waals surface area contributed by atoms with Gasteiger partial charge in [-0.2, -0.15) is 0 Å². The number of aliphatic imine (C=N–C) groups is 1. The van der Waals surface area contributed by atoms with Crippen LogP contribution < -0.4 is 10.2 Å². The SMILES string of the molecule is CN=C(NCc1ccc(N2CC(C)OC(C)C2)nc1)N1CCC2(CCC2)C1. The highest BCUT2D eigenvalue weighted by Gasteiger charge is 2.43. The number of morpholine rings is 1. The molecule has 27 heavy (non-hydrogen) atoms. The fourth-order valence-electron chi connectivity index (χ4n) is 4.79. The number of nitrogens with zero attached hydrogens (tertiary/aromatic N) is 4. The first-order valence-corrected chi connectivity index (χ1v) is 10.4. The van der Waals surface area contributed by atoms with Gasteiger partial charge in [0.2, 0.25) is 0 Å². The number of ether oxygens (including phenoxy) is 1. The van der Waals surface area contributed by atoms with E-state index in [-0.39, 0.29) is 12.2 Å². The first kappa shape index (κ1) is 18.5. The van der Waals surface area contributed by atoms with Crippen LogP contribution in [0.3, 0.4) is 0 Å². The number of hydrogen-bond acceptors (Lipinski definition) is 4. The highest BCUT2D eigenvalue weighted by atomic mass is 16.5. The Morgan fingerprint density at radius 3 is 2.59 bits per heavy atom. The first-order valence-electron chi connectivity index (χ1n) is 10.4. The summed E-state index contributed by atoms with van der Waals surface area (Å²) in [6, 6.07) is 4.30. The lowest BCUT2D eigenvalue weighted by atomic mass is 9.68. The van der Waals surface area contributed by atoms with Crippen molar-refractivity contribution >= 4 is 11.8 Å². The number of likely N-dealkylation sites (tertiary alicyclic amines) is 1. The maximum absolute atomic E-state index is 5.82. The zero-order chi connectivity index (χ0) is 18.9. The largest absolute Gasteiger partial charge is 0.372 e. The molecule has 2 atom stereocenters. The predicted molar refractivity (Wildman–Crippen MR) is 109 cm³/mol. The molecule has 148 valence electrons. The van der Waals surface area contributed by atoms with E-state index in [0.717, 1.165) is 44.5 Å². The monoisotopic (exact) mass is 371 g/mol. The van der Waals surface area contributed by atoms with Crippen LogP contribution >= 0.6 is 0 Å². The lowest BCUT2D eigenvalue weighted by Crippen LogP contribution is -2.45. The highest BCUT2D eigenvalue weighted by molar-refractivity contribution is 5.80. The van der Waals surface area contributed by atoms with E-state index in [1.54, 1.807) is 0 Å². The second-order valence-electron chi connectivity index (χ2n) is 8.61. The molecule has 2 unspecified atom stereocenters. The second kappa shape index (κ2) is 7.66. The number of rotatable bonds is 3. The van der Waals surface area contributed by atoms with Crippen LogP contribution in [0.15, 0.2) is 23.3 Å². The molecule has 2 aliphatic heterocycles. The molecule has 3 aliphatic rings.